The fraction of sp³-hybridized carbons (Fsp3) is 0.167. The number of nitrogens with zero attached hydrogens (tertiary/aromatic N) is 1. The molecule has 0 aromatic heterocycles. The molecule has 0 unspecified atom stereocenters. The van der Waals surface area contributed by atoms with Gasteiger partial charge in [0.15, 0.2) is 0 Å². The third-order valence-corrected chi connectivity index (χ3v) is 2.09. The highest BCUT2D eigenvalue weighted by molar-refractivity contribution is 5.97. The van der Waals surface area contributed by atoms with Gasteiger partial charge in [-0.05, 0) is 12.2 Å². The van der Waals surface area contributed by atoms with Crippen LogP contribution >= 0.6 is 0 Å². The van der Waals surface area contributed by atoms with Crippen molar-refractivity contribution in [3.05, 3.63) is 49.2 Å². The van der Waals surface area contributed by atoms with E-state index in [1.165, 1.54) is 4.90 Å². The lowest BCUT2D eigenvalue weighted by Gasteiger charge is -2.27. The zero-order valence-corrected chi connectivity index (χ0v) is 8.98. The SMILES string of the molecule is C=C/C=C\C=C(/C=C)N1CCC(=O)NC1=O. The number of hydrogen-bond donors (Lipinski definition) is 1. The van der Waals surface area contributed by atoms with Gasteiger partial charge in [-0.3, -0.25) is 15.0 Å². The maximum atomic E-state index is 11.5. The molecular weight excluding hydrogens is 204 g/mol. The van der Waals surface area contributed by atoms with E-state index in [2.05, 4.69) is 18.5 Å². The molecule has 0 aliphatic carbocycles. The molecule has 0 radical (unpaired) electrons. The van der Waals surface area contributed by atoms with E-state index in [1.807, 2.05) is 0 Å². The van der Waals surface area contributed by atoms with Crippen LogP contribution in [0.2, 0.25) is 0 Å². The molecule has 1 aliphatic heterocycles. The summed E-state index contributed by atoms with van der Waals surface area (Å²) in [7, 11) is 0. The summed E-state index contributed by atoms with van der Waals surface area (Å²) < 4.78 is 0. The first-order chi connectivity index (χ1) is 7.69. The maximum absolute atomic E-state index is 11.5. The van der Waals surface area contributed by atoms with Crippen molar-refractivity contribution in [1.82, 2.24) is 10.2 Å². The average Bonchev–Trinajstić information content (AvgIpc) is 2.26. The van der Waals surface area contributed by atoms with Gasteiger partial charge in [0.1, 0.15) is 0 Å². The van der Waals surface area contributed by atoms with E-state index >= 15 is 0 Å². The van der Waals surface area contributed by atoms with E-state index in [-0.39, 0.29) is 5.91 Å². The number of amides is 3. The summed E-state index contributed by atoms with van der Waals surface area (Å²) in [5, 5.41) is 2.25. The number of nitrogens with one attached hydrogen (secondary N) is 1. The van der Waals surface area contributed by atoms with Crippen LogP contribution in [0, 0.1) is 0 Å². The van der Waals surface area contributed by atoms with E-state index in [0.717, 1.165) is 0 Å². The average molecular weight is 218 g/mol. The first-order valence-electron chi connectivity index (χ1n) is 4.92. The van der Waals surface area contributed by atoms with Crippen molar-refractivity contribution in [1.29, 1.82) is 0 Å². The second-order valence-electron chi connectivity index (χ2n) is 3.17. The predicted molar refractivity (Wildman–Crippen MR) is 62.5 cm³/mol. The van der Waals surface area contributed by atoms with Gasteiger partial charge >= 0.3 is 6.03 Å². The minimum atomic E-state index is -0.408. The molecule has 1 heterocycles. The fourth-order valence-corrected chi connectivity index (χ4v) is 1.31. The van der Waals surface area contributed by atoms with Gasteiger partial charge in [-0.15, -0.1) is 0 Å². The number of urea groups is 1. The van der Waals surface area contributed by atoms with Crippen molar-refractivity contribution in [3.8, 4) is 0 Å². The number of allylic oxidation sites excluding steroid dienone is 5. The molecule has 0 atom stereocenters. The zero-order chi connectivity index (χ0) is 12.0. The first-order valence-corrected chi connectivity index (χ1v) is 4.92. The van der Waals surface area contributed by atoms with Crippen LogP contribution in [0.15, 0.2) is 49.2 Å². The maximum Gasteiger partial charge on any atom is 0.328 e. The number of rotatable bonds is 4. The first kappa shape index (κ1) is 12.0. The number of imide groups is 1. The van der Waals surface area contributed by atoms with Crippen LogP contribution in [0.4, 0.5) is 4.79 Å². The van der Waals surface area contributed by atoms with Gasteiger partial charge in [0.2, 0.25) is 5.91 Å². The highest BCUT2D eigenvalue weighted by atomic mass is 16.2. The van der Waals surface area contributed by atoms with Gasteiger partial charge in [0.25, 0.3) is 0 Å². The van der Waals surface area contributed by atoms with Crippen molar-refractivity contribution >= 4 is 11.9 Å². The standard InChI is InChI=1S/C12H14N2O2/c1-3-5-6-7-10(4-2)14-9-8-11(15)13-12(14)16/h3-7H,1-2,8-9H2,(H,13,15,16)/b6-5-,10-7+. The molecule has 1 fully saturated rings. The molecular formula is C12H14N2O2. The largest absolute Gasteiger partial charge is 0.328 e. The van der Waals surface area contributed by atoms with Crippen molar-refractivity contribution in [2.45, 2.75) is 6.42 Å². The van der Waals surface area contributed by atoms with Gasteiger partial charge in [-0.25, -0.2) is 4.79 Å². The van der Waals surface area contributed by atoms with Crippen LogP contribution in [-0.2, 0) is 4.79 Å². The fourth-order valence-electron chi connectivity index (χ4n) is 1.31. The second-order valence-corrected chi connectivity index (χ2v) is 3.17. The monoisotopic (exact) mass is 218 g/mol. The summed E-state index contributed by atoms with van der Waals surface area (Å²) in [6.07, 6.45) is 8.76. The van der Waals surface area contributed by atoms with E-state index < -0.39 is 6.03 Å². The molecule has 1 N–H and O–H groups in total. The molecule has 0 aromatic rings. The van der Waals surface area contributed by atoms with Crippen LogP contribution < -0.4 is 5.32 Å². The van der Waals surface area contributed by atoms with Crippen molar-refractivity contribution < 1.29 is 9.59 Å². The summed E-state index contributed by atoms with van der Waals surface area (Å²) in [5.41, 5.74) is 0.656. The third kappa shape index (κ3) is 2.95. The number of carbonyl (C=O) groups is 2. The number of hydrogen-bond acceptors (Lipinski definition) is 2. The molecule has 0 spiro atoms. The Balaban J connectivity index is 2.80. The van der Waals surface area contributed by atoms with Crippen molar-refractivity contribution in [2.24, 2.45) is 0 Å². The van der Waals surface area contributed by atoms with Gasteiger partial charge < -0.3 is 0 Å². The van der Waals surface area contributed by atoms with Gasteiger partial charge in [-0.2, -0.15) is 0 Å². The second kappa shape index (κ2) is 5.70. The van der Waals surface area contributed by atoms with Crippen molar-refractivity contribution in [2.75, 3.05) is 6.54 Å². The van der Waals surface area contributed by atoms with Crippen LogP contribution in [0.5, 0.6) is 0 Å². The normalized spacial score (nSPS) is 17.5. The predicted octanol–water partition coefficient (Wildman–Crippen LogP) is 1.74. The Morgan fingerprint density at radius 3 is 2.62 bits per heavy atom. The lowest BCUT2D eigenvalue weighted by Crippen LogP contribution is -2.48. The third-order valence-electron chi connectivity index (χ3n) is 2.09. The molecule has 0 saturated carbocycles. The molecule has 0 aromatic carbocycles. The molecule has 1 saturated heterocycles. The van der Waals surface area contributed by atoms with E-state index in [1.54, 1.807) is 30.4 Å². The summed E-state index contributed by atoms with van der Waals surface area (Å²) >= 11 is 0. The molecule has 1 rings (SSSR count). The van der Waals surface area contributed by atoms with Crippen LogP contribution in [-0.4, -0.2) is 23.4 Å². The summed E-state index contributed by atoms with van der Waals surface area (Å²) in [4.78, 5) is 23.9. The lowest BCUT2D eigenvalue weighted by atomic mass is 10.2. The highest BCUT2D eigenvalue weighted by Gasteiger charge is 2.23. The molecule has 1 aliphatic rings. The molecule has 16 heavy (non-hydrogen) atoms. The van der Waals surface area contributed by atoms with E-state index in [9.17, 15) is 9.59 Å². The van der Waals surface area contributed by atoms with E-state index in [4.69, 9.17) is 0 Å². The van der Waals surface area contributed by atoms with E-state index in [0.29, 0.717) is 18.7 Å². The summed E-state index contributed by atoms with van der Waals surface area (Å²) in [6.45, 7) is 7.55. The Labute approximate surface area is 94.6 Å². The molecule has 84 valence electrons. The smallest absolute Gasteiger partial charge is 0.294 e. The molecule has 4 heteroatoms. The number of carbonyl (C=O) groups excluding carboxylic acids is 2. The minimum absolute atomic E-state index is 0.244. The zero-order valence-electron chi connectivity index (χ0n) is 8.98. The lowest BCUT2D eigenvalue weighted by molar-refractivity contribution is -0.121. The molecule has 3 amide bonds. The highest BCUT2D eigenvalue weighted by Crippen LogP contribution is 2.10. The molecule has 0 bridgehead atoms. The van der Waals surface area contributed by atoms with Gasteiger partial charge in [0, 0.05) is 18.7 Å². The van der Waals surface area contributed by atoms with Gasteiger partial charge in [0.05, 0.1) is 0 Å². The van der Waals surface area contributed by atoms with Crippen LogP contribution in [0.3, 0.4) is 0 Å². The van der Waals surface area contributed by atoms with Crippen LogP contribution in [0.1, 0.15) is 6.42 Å². The van der Waals surface area contributed by atoms with Crippen LogP contribution in [0.25, 0.3) is 0 Å². The van der Waals surface area contributed by atoms with Gasteiger partial charge in [-0.1, -0.05) is 31.4 Å². The summed E-state index contributed by atoms with van der Waals surface area (Å²) in [5.74, 6) is -0.244. The Morgan fingerprint density at radius 1 is 1.31 bits per heavy atom. The Morgan fingerprint density at radius 2 is 2.06 bits per heavy atom. The summed E-state index contributed by atoms with van der Waals surface area (Å²) in [6, 6.07) is -0.408. The Bertz CT molecular complexity index is 380. The Hall–Kier alpha value is -2.10. The minimum Gasteiger partial charge on any atom is -0.294 e. The topological polar surface area (TPSA) is 49.4 Å². The Kier molecular flexibility index (Phi) is 4.27. The molecule has 4 nitrogen and oxygen atoms in total. The quantitative estimate of drug-likeness (QED) is 0.731. The van der Waals surface area contributed by atoms with Crippen molar-refractivity contribution in [3.63, 3.8) is 0 Å².